The number of benzene rings is 2. The largest absolute Gasteiger partial charge is 0.453 e. The molecule has 3 heterocycles. The van der Waals surface area contributed by atoms with Gasteiger partial charge < -0.3 is 49.3 Å². The Morgan fingerprint density at radius 3 is 1.68 bits per heavy atom. The number of ether oxygens (including phenoxy) is 4. The number of carbonyl (C=O) groups excluding carboxylic acids is 4. The van der Waals surface area contributed by atoms with Crippen molar-refractivity contribution in [1.29, 1.82) is 0 Å². The van der Waals surface area contributed by atoms with Crippen LogP contribution in [0.3, 0.4) is 0 Å². The second-order valence-corrected chi connectivity index (χ2v) is 13.9. The Morgan fingerprint density at radius 1 is 0.733 bits per heavy atom. The molecule has 4 N–H and O–H groups in total. The minimum absolute atomic E-state index is 0.0661. The van der Waals surface area contributed by atoms with Gasteiger partial charge in [0.1, 0.15) is 18.2 Å². The van der Waals surface area contributed by atoms with Gasteiger partial charge in [0.25, 0.3) is 0 Å². The molecule has 330 valence electrons. The summed E-state index contributed by atoms with van der Waals surface area (Å²) in [6, 6.07) is 11.2. The molecular weight excluding hydrogens is 769 g/mol. The molecule has 4 aromatic rings. The minimum Gasteiger partial charge on any atom is -0.453 e. The van der Waals surface area contributed by atoms with Crippen LogP contribution < -0.4 is 20.1 Å². The van der Waals surface area contributed by atoms with Crippen molar-refractivity contribution in [2.45, 2.75) is 93.2 Å². The minimum atomic E-state index is -0.670. The van der Waals surface area contributed by atoms with Gasteiger partial charge in [0.2, 0.25) is 25.0 Å². The zero-order valence-electron chi connectivity index (χ0n) is 37.3. The van der Waals surface area contributed by atoms with Crippen molar-refractivity contribution in [2.24, 2.45) is 0 Å². The third-order valence-electron chi connectivity index (χ3n) is 8.71. The van der Waals surface area contributed by atoms with Crippen molar-refractivity contribution in [3.8, 4) is 45.1 Å². The molecule has 0 saturated heterocycles. The van der Waals surface area contributed by atoms with E-state index in [4.69, 9.17) is 9.47 Å². The first kappa shape index (κ1) is 50.2. The van der Waals surface area contributed by atoms with Gasteiger partial charge in [0.15, 0.2) is 11.5 Å². The first-order valence-electron chi connectivity index (χ1n) is 20.6. The first-order chi connectivity index (χ1) is 28.9. The predicted octanol–water partition coefficient (Wildman–Crippen LogP) is 7.66. The van der Waals surface area contributed by atoms with Crippen LogP contribution in [0.2, 0.25) is 0 Å². The molecule has 16 heteroatoms. The van der Waals surface area contributed by atoms with E-state index in [1.165, 1.54) is 20.0 Å². The van der Waals surface area contributed by atoms with Crippen molar-refractivity contribution >= 4 is 24.3 Å². The van der Waals surface area contributed by atoms with E-state index in [2.05, 4.69) is 67.7 Å². The number of aromatic amines is 2. The van der Waals surface area contributed by atoms with E-state index in [9.17, 15) is 19.2 Å². The number of methoxy groups -OCH3 is 2. The molecule has 0 saturated carbocycles. The van der Waals surface area contributed by atoms with Crippen LogP contribution >= 0.6 is 0 Å². The second kappa shape index (κ2) is 27.0. The van der Waals surface area contributed by atoms with Crippen LogP contribution in [0.1, 0.15) is 105 Å². The van der Waals surface area contributed by atoms with E-state index >= 15 is 0 Å². The summed E-state index contributed by atoms with van der Waals surface area (Å²) in [6.45, 7) is 17.1. The highest BCUT2D eigenvalue weighted by Crippen LogP contribution is 2.47. The maximum Gasteiger partial charge on any atom is 0.407 e. The van der Waals surface area contributed by atoms with Gasteiger partial charge >= 0.3 is 6.09 Å². The molecule has 2 unspecified atom stereocenters. The number of alkyl carbamates (subject to hydrolysis) is 1. The van der Waals surface area contributed by atoms with E-state index in [0.29, 0.717) is 48.3 Å². The SMILES string of the molecule is CCC.CCC.CCCN(C(=O)CNC=O)C(C)c1ncc(-c2ccc(-c3ccc(-c4cnc(C(C)N(CCC)C(=O)CNC(=O)OC)[nH]4)c4c3OCO4)cc2)[nH]1.COC. The smallest absolute Gasteiger partial charge is 0.407 e. The summed E-state index contributed by atoms with van der Waals surface area (Å²) in [4.78, 5) is 67.1. The molecule has 0 bridgehead atoms. The molecule has 16 nitrogen and oxygen atoms in total. The highest BCUT2D eigenvalue weighted by atomic mass is 16.7. The topological polar surface area (TPSA) is 193 Å². The van der Waals surface area contributed by atoms with Crippen LogP contribution in [0.15, 0.2) is 48.8 Å². The number of amides is 4. The normalized spacial score (nSPS) is 11.8. The molecular formula is C44H66N8O8. The van der Waals surface area contributed by atoms with Gasteiger partial charge in [0.05, 0.1) is 49.5 Å². The van der Waals surface area contributed by atoms with Gasteiger partial charge in [0, 0.05) is 38.4 Å². The van der Waals surface area contributed by atoms with Crippen LogP contribution in [0.4, 0.5) is 4.79 Å². The number of rotatable bonds is 16. The lowest BCUT2D eigenvalue weighted by Crippen LogP contribution is -2.42. The Labute approximate surface area is 355 Å². The number of H-pyrrole nitrogens is 2. The molecule has 0 spiro atoms. The molecule has 1 aliphatic heterocycles. The number of imidazole rings is 2. The Kier molecular flexibility index (Phi) is 22.6. The van der Waals surface area contributed by atoms with Gasteiger partial charge in [-0.15, -0.1) is 0 Å². The highest BCUT2D eigenvalue weighted by Gasteiger charge is 2.28. The molecule has 5 rings (SSSR count). The number of fused-ring (bicyclic) bond motifs is 1. The van der Waals surface area contributed by atoms with Crippen molar-refractivity contribution < 1.29 is 38.1 Å². The van der Waals surface area contributed by atoms with Gasteiger partial charge in [-0.05, 0) is 49.9 Å². The number of carbonyl (C=O) groups is 4. The van der Waals surface area contributed by atoms with Crippen molar-refractivity contribution in [3.63, 3.8) is 0 Å². The van der Waals surface area contributed by atoms with Gasteiger partial charge in [-0.1, -0.05) is 78.6 Å². The number of nitrogens with one attached hydrogen (secondary N) is 4. The quantitative estimate of drug-likeness (QED) is 0.0815. The first-order valence-corrected chi connectivity index (χ1v) is 20.6. The molecule has 0 fully saturated rings. The molecule has 0 radical (unpaired) electrons. The standard InChI is InChI=1S/C36H44N8O7.2C3H8.C2H6O/c1-6-14-43(30(46)18-37-20-45)22(3)34-38-16-28(41-34)25-10-8-24(9-11-25)26-12-13-27(33-32(26)50-21-51-33)29-17-39-35(42-29)23(4)44(15-7-2)31(47)19-40-36(48)49-5;3*1-3-2/h8-13,16-17,20,22-23H,6-7,14-15,18-19,21H2,1-5H3,(H,37,45)(H,38,41)(H,39,42)(H,40,48);2*3H2,1-2H3;1-2H3. The lowest BCUT2D eigenvalue weighted by Gasteiger charge is -2.27. The fourth-order valence-electron chi connectivity index (χ4n) is 6.04. The summed E-state index contributed by atoms with van der Waals surface area (Å²) in [5.41, 5.74) is 4.99. The van der Waals surface area contributed by atoms with Crippen LogP contribution in [0.5, 0.6) is 11.5 Å². The summed E-state index contributed by atoms with van der Waals surface area (Å²) in [5, 5.41) is 4.89. The Morgan fingerprint density at radius 2 is 1.18 bits per heavy atom. The maximum atomic E-state index is 12.9. The third-order valence-corrected chi connectivity index (χ3v) is 8.71. The molecule has 1 aliphatic rings. The molecule has 0 aliphatic carbocycles. The van der Waals surface area contributed by atoms with Crippen molar-refractivity contribution in [3.05, 3.63) is 60.4 Å². The summed E-state index contributed by atoms with van der Waals surface area (Å²) in [6.07, 6.45) is 7.30. The highest BCUT2D eigenvalue weighted by molar-refractivity contribution is 5.84. The third kappa shape index (κ3) is 14.1. The lowest BCUT2D eigenvalue weighted by atomic mass is 9.99. The zero-order valence-corrected chi connectivity index (χ0v) is 37.3. The molecule has 60 heavy (non-hydrogen) atoms. The average molecular weight is 835 g/mol. The Bertz CT molecular complexity index is 1890. The van der Waals surface area contributed by atoms with Gasteiger partial charge in [-0.25, -0.2) is 14.8 Å². The van der Waals surface area contributed by atoms with Gasteiger partial charge in [-0.2, -0.15) is 0 Å². The molecule has 2 aromatic carbocycles. The zero-order chi connectivity index (χ0) is 44.6. The summed E-state index contributed by atoms with van der Waals surface area (Å²) in [7, 11) is 4.50. The summed E-state index contributed by atoms with van der Waals surface area (Å²) >= 11 is 0. The van der Waals surface area contributed by atoms with Crippen LogP contribution in [0, 0.1) is 0 Å². The van der Waals surface area contributed by atoms with Gasteiger partial charge in [-0.3, -0.25) is 14.4 Å². The fourth-order valence-corrected chi connectivity index (χ4v) is 6.04. The second-order valence-electron chi connectivity index (χ2n) is 13.9. The van der Waals surface area contributed by atoms with E-state index in [1.54, 1.807) is 36.4 Å². The van der Waals surface area contributed by atoms with Crippen molar-refractivity contribution in [2.75, 3.05) is 54.3 Å². The monoisotopic (exact) mass is 835 g/mol. The maximum absolute atomic E-state index is 12.9. The summed E-state index contributed by atoms with van der Waals surface area (Å²) < 4.78 is 20.7. The van der Waals surface area contributed by atoms with Crippen LogP contribution in [-0.4, -0.2) is 108 Å². The molecule has 4 amide bonds. The average Bonchev–Trinajstić information content (AvgIpc) is 4.06. The van der Waals surface area contributed by atoms with E-state index < -0.39 is 6.09 Å². The molecule has 2 aromatic heterocycles. The Balaban J connectivity index is 0.00000126. The predicted molar refractivity (Wildman–Crippen MR) is 233 cm³/mol. The Hall–Kier alpha value is -5.90. The fraction of sp³-hybridized carbons (Fsp3) is 0.500. The lowest BCUT2D eigenvalue weighted by molar-refractivity contribution is -0.133. The number of aromatic nitrogens is 4. The van der Waals surface area contributed by atoms with E-state index in [-0.39, 0.29) is 43.8 Å². The van der Waals surface area contributed by atoms with Crippen LogP contribution in [-0.2, 0) is 23.9 Å². The van der Waals surface area contributed by atoms with Crippen molar-refractivity contribution in [1.82, 2.24) is 40.4 Å². The number of hydrogen-bond donors (Lipinski definition) is 4. The van der Waals surface area contributed by atoms with E-state index in [0.717, 1.165) is 40.8 Å². The van der Waals surface area contributed by atoms with Crippen LogP contribution in [0.25, 0.3) is 33.6 Å². The summed E-state index contributed by atoms with van der Waals surface area (Å²) in [5.74, 6) is 2.01. The number of hydrogen-bond acceptors (Lipinski definition) is 10. The van der Waals surface area contributed by atoms with E-state index in [1.807, 2.05) is 64.1 Å². The number of nitrogens with zero attached hydrogens (tertiary/aromatic N) is 4. The molecule has 2 atom stereocenters.